The Morgan fingerprint density at radius 2 is 1.89 bits per heavy atom. The zero-order valence-electron chi connectivity index (χ0n) is 14.3. The minimum Gasteiger partial charge on any atom is -0.456 e. The molecule has 0 aliphatic carbocycles. The van der Waals surface area contributed by atoms with Gasteiger partial charge in [0.05, 0.1) is 40.7 Å². The van der Waals surface area contributed by atoms with Crippen LogP contribution in [0.5, 0.6) is 0 Å². The van der Waals surface area contributed by atoms with Crippen molar-refractivity contribution in [1.29, 1.82) is 5.26 Å². The van der Waals surface area contributed by atoms with E-state index in [1.807, 2.05) is 0 Å². The Morgan fingerprint density at radius 1 is 1.18 bits per heavy atom. The maximum Gasteiger partial charge on any atom is 0.416 e. The third kappa shape index (κ3) is 5.72. The maximum atomic E-state index is 12.8. The van der Waals surface area contributed by atoms with Gasteiger partial charge in [0.1, 0.15) is 6.10 Å². The van der Waals surface area contributed by atoms with Crippen molar-refractivity contribution in [3.05, 3.63) is 70.2 Å². The quantitative estimate of drug-likeness (QED) is 0.723. The molecule has 0 aliphatic heterocycles. The highest BCUT2D eigenvalue weighted by Gasteiger charge is 2.31. The van der Waals surface area contributed by atoms with Crippen LogP contribution < -0.4 is 5.32 Å². The molecular weight excluding hydrogens is 397 g/mol. The Hall–Kier alpha value is -3.05. The standard InChI is InChI=1S/C19H14ClF3N2O3/c20-16-7-2-1-6-15(16)17(26)25-11-14(8-9-24)28-18(27)12-4-3-5-13(10-12)19(21,22)23/h1-7,10,14H,8,11H2,(H,25,26). The van der Waals surface area contributed by atoms with Gasteiger partial charge < -0.3 is 10.1 Å². The Bertz CT molecular complexity index is 910. The van der Waals surface area contributed by atoms with E-state index in [9.17, 15) is 22.8 Å². The monoisotopic (exact) mass is 410 g/mol. The number of esters is 1. The van der Waals surface area contributed by atoms with Crippen LogP contribution in [0.15, 0.2) is 48.5 Å². The number of amides is 1. The molecule has 0 saturated carbocycles. The summed E-state index contributed by atoms with van der Waals surface area (Å²) in [5, 5.41) is 11.6. The number of ether oxygens (including phenoxy) is 1. The lowest BCUT2D eigenvalue weighted by Gasteiger charge is -2.17. The summed E-state index contributed by atoms with van der Waals surface area (Å²) in [4.78, 5) is 24.3. The molecule has 0 bridgehead atoms. The lowest BCUT2D eigenvalue weighted by molar-refractivity contribution is -0.137. The number of rotatable bonds is 6. The SMILES string of the molecule is N#CCC(CNC(=O)c1ccccc1Cl)OC(=O)c1cccc(C(F)(F)F)c1. The molecule has 0 aromatic heterocycles. The molecule has 1 amide bonds. The summed E-state index contributed by atoms with van der Waals surface area (Å²) in [5.74, 6) is -1.57. The van der Waals surface area contributed by atoms with E-state index in [4.69, 9.17) is 21.6 Å². The first kappa shape index (κ1) is 21.3. The molecule has 2 aromatic carbocycles. The van der Waals surface area contributed by atoms with Gasteiger partial charge in [0.25, 0.3) is 5.91 Å². The molecule has 28 heavy (non-hydrogen) atoms. The van der Waals surface area contributed by atoms with Gasteiger partial charge >= 0.3 is 12.1 Å². The van der Waals surface area contributed by atoms with Crippen molar-refractivity contribution in [3.8, 4) is 6.07 Å². The molecule has 0 heterocycles. The van der Waals surface area contributed by atoms with E-state index < -0.39 is 29.7 Å². The van der Waals surface area contributed by atoms with Crippen molar-refractivity contribution in [3.63, 3.8) is 0 Å². The number of halogens is 4. The van der Waals surface area contributed by atoms with Crippen molar-refractivity contribution in [2.24, 2.45) is 0 Å². The second kappa shape index (κ2) is 9.24. The average Bonchev–Trinajstić information content (AvgIpc) is 2.65. The highest BCUT2D eigenvalue weighted by molar-refractivity contribution is 6.33. The highest BCUT2D eigenvalue weighted by atomic mass is 35.5. The molecule has 0 radical (unpaired) electrons. The first-order valence-electron chi connectivity index (χ1n) is 8.00. The summed E-state index contributed by atoms with van der Waals surface area (Å²) in [6, 6.07) is 11.8. The smallest absolute Gasteiger partial charge is 0.416 e. The van der Waals surface area contributed by atoms with Gasteiger partial charge in [-0.15, -0.1) is 0 Å². The molecule has 9 heteroatoms. The van der Waals surface area contributed by atoms with Crippen LogP contribution in [-0.4, -0.2) is 24.5 Å². The van der Waals surface area contributed by atoms with Crippen LogP contribution in [0.25, 0.3) is 0 Å². The number of hydrogen-bond acceptors (Lipinski definition) is 4. The number of carbonyl (C=O) groups is 2. The second-order valence-corrected chi connectivity index (χ2v) is 6.07. The fraction of sp³-hybridized carbons (Fsp3) is 0.211. The third-order valence-electron chi connectivity index (χ3n) is 3.63. The summed E-state index contributed by atoms with van der Waals surface area (Å²) in [7, 11) is 0. The second-order valence-electron chi connectivity index (χ2n) is 5.66. The van der Waals surface area contributed by atoms with Gasteiger partial charge in [-0.2, -0.15) is 18.4 Å². The predicted octanol–water partition coefficient (Wildman–Crippen LogP) is 4.23. The van der Waals surface area contributed by atoms with Crippen molar-refractivity contribution in [2.75, 3.05) is 6.54 Å². The van der Waals surface area contributed by atoms with Crippen LogP contribution in [0.3, 0.4) is 0 Å². The van der Waals surface area contributed by atoms with Crippen LogP contribution in [0, 0.1) is 11.3 Å². The van der Waals surface area contributed by atoms with Crippen LogP contribution in [0.2, 0.25) is 5.02 Å². The number of hydrogen-bond donors (Lipinski definition) is 1. The fourth-order valence-corrected chi connectivity index (χ4v) is 2.47. The molecule has 1 atom stereocenters. The molecule has 0 spiro atoms. The Morgan fingerprint density at radius 3 is 2.54 bits per heavy atom. The van der Waals surface area contributed by atoms with Gasteiger partial charge in [0.2, 0.25) is 0 Å². The minimum atomic E-state index is -4.61. The molecule has 0 fully saturated rings. The largest absolute Gasteiger partial charge is 0.456 e. The van der Waals surface area contributed by atoms with Gasteiger partial charge in [-0.25, -0.2) is 4.79 Å². The Balaban J connectivity index is 2.04. The van der Waals surface area contributed by atoms with E-state index in [2.05, 4.69) is 5.32 Å². The molecule has 1 unspecified atom stereocenters. The van der Waals surface area contributed by atoms with E-state index in [0.29, 0.717) is 6.07 Å². The van der Waals surface area contributed by atoms with E-state index >= 15 is 0 Å². The lowest BCUT2D eigenvalue weighted by atomic mass is 10.1. The molecule has 146 valence electrons. The van der Waals surface area contributed by atoms with Crippen LogP contribution >= 0.6 is 11.6 Å². The summed E-state index contributed by atoms with van der Waals surface area (Å²) in [6.07, 6.45) is -5.91. The van der Waals surface area contributed by atoms with Gasteiger partial charge in [0.15, 0.2) is 0 Å². The summed E-state index contributed by atoms with van der Waals surface area (Å²) < 4.78 is 43.4. The van der Waals surface area contributed by atoms with Gasteiger partial charge in [0, 0.05) is 0 Å². The number of nitrogens with one attached hydrogen (secondary N) is 1. The zero-order valence-corrected chi connectivity index (χ0v) is 15.1. The van der Waals surface area contributed by atoms with Crippen molar-refractivity contribution >= 4 is 23.5 Å². The van der Waals surface area contributed by atoms with Crippen LogP contribution in [-0.2, 0) is 10.9 Å². The maximum absolute atomic E-state index is 12.8. The third-order valence-corrected chi connectivity index (χ3v) is 3.96. The van der Waals surface area contributed by atoms with E-state index in [1.54, 1.807) is 18.2 Å². The first-order valence-corrected chi connectivity index (χ1v) is 8.38. The van der Waals surface area contributed by atoms with Crippen molar-refractivity contribution < 1.29 is 27.5 Å². The van der Waals surface area contributed by atoms with Crippen LogP contribution in [0.4, 0.5) is 13.2 Å². The summed E-state index contributed by atoms with van der Waals surface area (Å²) in [5.41, 5.74) is -1.11. The predicted molar refractivity (Wildman–Crippen MR) is 94.7 cm³/mol. The summed E-state index contributed by atoms with van der Waals surface area (Å²) in [6.45, 7) is -0.206. The fourth-order valence-electron chi connectivity index (χ4n) is 2.25. The number of nitrogens with zero attached hydrogens (tertiary/aromatic N) is 1. The molecule has 2 aromatic rings. The Kier molecular flexibility index (Phi) is 7.01. The molecule has 2 rings (SSSR count). The highest BCUT2D eigenvalue weighted by Crippen LogP contribution is 2.29. The normalized spacial score (nSPS) is 12.0. The topological polar surface area (TPSA) is 79.2 Å². The van der Waals surface area contributed by atoms with E-state index in [1.165, 1.54) is 18.2 Å². The van der Waals surface area contributed by atoms with Crippen molar-refractivity contribution in [1.82, 2.24) is 5.32 Å². The number of nitriles is 1. The molecule has 0 aliphatic rings. The first-order chi connectivity index (χ1) is 13.2. The number of alkyl halides is 3. The van der Waals surface area contributed by atoms with Crippen LogP contribution in [0.1, 0.15) is 32.7 Å². The molecule has 1 N–H and O–H groups in total. The Labute approximate surface area is 163 Å². The van der Waals surface area contributed by atoms with Gasteiger partial charge in [-0.05, 0) is 30.3 Å². The van der Waals surface area contributed by atoms with Gasteiger partial charge in [-0.1, -0.05) is 29.8 Å². The van der Waals surface area contributed by atoms with Crippen molar-refractivity contribution in [2.45, 2.75) is 18.7 Å². The molecular formula is C19H14ClF3N2O3. The summed E-state index contributed by atoms with van der Waals surface area (Å²) >= 11 is 5.92. The molecule has 0 saturated heterocycles. The molecule has 5 nitrogen and oxygen atoms in total. The number of carbonyl (C=O) groups excluding carboxylic acids is 2. The lowest BCUT2D eigenvalue weighted by Crippen LogP contribution is -2.35. The average molecular weight is 411 g/mol. The van der Waals surface area contributed by atoms with E-state index in [-0.39, 0.29) is 29.1 Å². The van der Waals surface area contributed by atoms with E-state index in [0.717, 1.165) is 12.1 Å². The number of benzene rings is 2. The zero-order chi connectivity index (χ0) is 20.7. The van der Waals surface area contributed by atoms with Gasteiger partial charge in [-0.3, -0.25) is 4.79 Å². The minimum absolute atomic E-state index is 0.198.